The van der Waals surface area contributed by atoms with Crippen LogP contribution in [-0.2, 0) is 4.79 Å². The van der Waals surface area contributed by atoms with Crippen LogP contribution in [-0.4, -0.2) is 36.4 Å². The molecule has 0 aliphatic heterocycles. The lowest BCUT2D eigenvalue weighted by molar-refractivity contribution is -0.384. The van der Waals surface area contributed by atoms with Gasteiger partial charge in [-0.3, -0.25) is 19.7 Å². The monoisotopic (exact) mass is 357 g/mol. The molecule has 0 aromatic heterocycles. The molecule has 2 amide bonds. The molecule has 0 spiro atoms. The van der Waals surface area contributed by atoms with Gasteiger partial charge in [-0.1, -0.05) is 24.3 Å². The maximum absolute atomic E-state index is 11.9. The zero-order valence-electron chi connectivity index (χ0n) is 14.2. The van der Waals surface area contributed by atoms with Gasteiger partial charge in [-0.15, -0.1) is 0 Å². The third kappa shape index (κ3) is 5.59. The highest BCUT2D eigenvalue weighted by Gasteiger charge is 2.12. The predicted molar refractivity (Wildman–Crippen MR) is 95.1 cm³/mol. The number of hydrogen-bond acceptors (Lipinski definition) is 5. The first-order valence-corrected chi connectivity index (χ1v) is 7.95. The number of carbonyl (C=O) groups is 2. The van der Waals surface area contributed by atoms with Gasteiger partial charge in [-0.2, -0.15) is 0 Å². The third-order valence-corrected chi connectivity index (χ3v) is 3.50. The van der Waals surface area contributed by atoms with E-state index in [1.54, 1.807) is 0 Å². The van der Waals surface area contributed by atoms with Crippen LogP contribution in [0.3, 0.4) is 0 Å². The predicted octanol–water partition coefficient (Wildman–Crippen LogP) is 1.83. The number of ether oxygens (including phenoxy) is 1. The molecule has 0 aliphatic carbocycles. The Kier molecular flexibility index (Phi) is 6.67. The van der Waals surface area contributed by atoms with Gasteiger partial charge in [0.05, 0.1) is 18.0 Å². The number of para-hydroxylation sites is 1. The molecule has 0 atom stereocenters. The highest BCUT2D eigenvalue weighted by atomic mass is 16.6. The Hall–Kier alpha value is -3.42. The van der Waals surface area contributed by atoms with Gasteiger partial charge in [0, 0.05) is 17.7 Å². The smallest absolute Gasteiger partial charge is 0.270 e. The lowest BCUT2D eigenvalue weighted by atomic mass is 10.2. The molecule has 0 unspecified atom stereocenters. The minimum Gasteiger partial charge on any atom is -0.491 e. The van der Waals surface area contributed by atoms with Crippen molar-refractivity contribution in [1.82, 2.24) is 10.6 Å². The summed E-state index contributed by atoms with van der Waals surface area (Å²) < 4.78 is 5.55. The first-order valence-electron chi connectivity index (χ1n) is 7.95. The molecule has 0 radical (unpaired) electrons. The molecule has 0 bridgehead atoms. The van der Waals surface area contributed by atoms with Gasteiger partial charge in [0.2, 0.25) is 5.91 Å². The quantitative estimate of drug-likeness (QED) is 0.425. The summed E-state index contributed by atoms with van der Waals surface area (Å²) in [5.41, 5.74) is 0.938. The fraction of sp³-hybridized carbons (Fsp3) is 0.222. The van der Waals surface area contributed by atoms with Gasteiger partial charge in [0.25, 0.3) is 11.6 Å². The molecular formula is C18H19N3O5. The van der Waals surface area contributed by atoms with E-state index in [9.17, 15) is 19.7 Å². The summed E-state index contributed by atoms with van der Waals surface area (Å²) in [5.74, 6) is -0.183. The molecule has 0 saturated carbocycles. The first kappa shape index (κ1) is 18.9. The summed E-state index contributed by atoms with van der Waals surface area (Å²) in [6.07, 6.45) is 0. The van der Waals surface area contributed by atoms with Gasteiger partial charge in [0.1, 0.15) is 12.4 Å². The molecule has 26 heavy (non-hydrogen) atoms. The maximum atomic E-state index is 11.9. The fourth-order valence-corrected chi connectivity index (χ4v) is 2.16. The molecule has 2 aromatic rings. The van der Waals surface area contributed by atoms with Crippen molar-refractivity contribution >= 4 is 17.5 Å². The highest BCUT2D eigenvalue weighted by molar-refractivity contribution is 5.96. The Morgan fingerprint density at radius 1 is 1.12 bits per heavy atom. The van der Waals surface area contributed by atoms with E-state index in [0.717, 1.165) is 17.4 Å². The van der Waals surface area contributed by atoms with Crippen LogP contribution in [0.5, 0.6) is 5.75 Å². The number of aryl methyl sites for hydroxylation is 1. The van der Waals surface area contributed by atoms with Crippen molar-refractivity contribution in [3.05, 3.63) is 69.8 Å². The second-order valence-corrected chi connectivity index (χ2v) is 5.45. The van der Waals surface area contributed by atoms with Gasteiger partial charge in [0.15, 0.2) is 0 Å². The summed E-state index contributed by atoms with van der Waals surface area (Å²) in [6.45, 7) is 2.29. The fourth-order valence-electron chi connectivity index (χ4n) is 2.16. The van der Waals surface area contributed by atoms with E-state index in [1.165, 1.54) is 18.2 Å². The van der Waals surface area contributed by atoms with Crippen LogP contribution >= 0.6 is 0 Å². The van der Waals surface area contributed by atoms with Crippen molar-refractivity contribution in [2.75, 3.05) is 19.7 Å². The zero-order chi connectivity index (χ0) is 18.9. The first-order chi connectivity index (χ1) is 12.5. The van der Waals surface area contributed by atoms with E-state index in [0.29, 0.717) is 13.2 Å². The van der Waals surface area contributed by atoms with Crippen molar-refractivity contribution in [2.24, 2.45) is 0 Å². The summed E-state index contributed by atoms with van der Waals surface area (Å²) in [4.78, 5) is 33.8. The molecule has 8 nitrogen and oxygen atoms in total. The summed E-state index contributed by atoms with van der Waals surface area (Å²) in [6, 6.07) is 12.8. The summed E-state index contributed by atoms with van der Waals surface area (Å²) >= 11 is 0. The van der Waals surface area contributed by atoms with Crippen LogP contribution in [0.4, 0.5) is 5.69 Å². The molecule has 136 valence electrons. The Morgan fingerprint density at radius 3 is 2.62 bits per heavy atom. The lowest BCUT2D eigenvalue weighted by Gasteiger charge is -2.10. The van der Waals surface area contributed by atoms with Gasteiger partial charge < -0.3 is 15.4 Å². The average molecular weight is 357 g/mol. The highest BCUT2D eigenvalue weighted by Crippen LogP contribution is 2.15. The zero-order valence-corrected chi connectivity index (χ0v) is 14.2. The van der Waals surface area contributed by atoms with Crippen molar-refractivity contribution in [2.45, 2.75) is 6.92 Å². The second kappa shape index (κ2) is 9.16. The van der Waals surface area contributed by atoms with Gasteiger partial charge >= 0.3 is 0 Å². The molecule has 2 N–H and O–H groups in total. The van der Waals surface area contributed by atoms with Crippen molar-refractivity contribution in [3.8, 4) is 5.75 Å². The Bertz CT molecular complexity index is 807. The molecule has 0 fully saturated rings. The van der Waals surface area contributed by atoms with Crippen LogP contribution in [0.15, 0.2) is 48.5 Å². The number of carbonyl (C=O) groups excluding carboxylic acids is 2. The van der Waals surface area contributed by atoms with E-state index < -0.39 is 10.8 Å². The van der Waals surface area contributed by atoms with Crippen LogP contribution in [0.25, 0.3) is 0 Å². The van der Waals surface area contributed by atoms with E-state index in [1.807, 2.05) is 31.2 Å². The van der Waals surface area contributed by atoms with Crippen LogP contribution in [0.2, 0.25) is 0 Å². The van der Waals surface area contributed by atoms with Crippen LogP contribution in [0.1, 0.15) is 15.9 Å². The number of nitrogens with zero attached hydrogens (tertiary/aromatic N) is 1. The molecule has 2 rings (SSSR count). The van der Waals surface area contributed by atoms with E-state index >= 15 is 0 Å². The SMILES string of the molecule is Cc1ccccc1OCCNC(=O)CNC(=O)c1cccc([N+](=O)[O-])c1. The Morgan fingerprint density at radius 2 is 1.88 bits per heavy atom. The Labute approximate surface area is 150 Å². The summed E-state index contributed by atoms with van der Waals surface area (Å²) in [7, 11) is 0. The normalized spacial score (nSPS) is 10.0. The van der Waals surface area contributed by atoms with Crippen molar-refractivity contribution in [1.29, 1.82) is 0 Å². The van der Waals surface area contributed by atoms with Gasteiger partial charge in [-0.05, 0) is 24.6 Å². The van der Waals surface area contributed by atoms with Gasteiger partial charge in [-0.25, -0.2) is 0 Å². The molecule has 2 aromatic carbocycles. The van der Waals surface area contributed by atoms with E-state index in [-0.39, 0.29) is 23.7 Å². The lowest BCUT2D eigenvalue weighted by Crippen LogP contribution is -2.38. The molecule has 0 heterocycles. The molecule has 0 saturated heterocycles. The number of rotatable bonds is 8. The number of hydrogen-bond donors (Lipinski definition) is 2. The number of benzene rings is 2. The molecule has 8 heteroatoms. The maximum Gasteiger partial charge on any atom is 0.270 e. The molecular weight excluding hydrogens is 338 g/mol. The van der Waals surface area contributed by atoms with E-state index in [2.05, 4.69) is 10.6 Å². The topological polar surface area (TPSA) is 111 Å². The van der Waals surface area contributed by atoms with Crippen LogP contribution < -0.4 is 15.4 Å². The third-order valence-electron chi connectivity index (χ3n) is 3.50. The van der Waals surface area contributed by atoms with Crippen molar-refractivity contribution in [3.63, 3.8) is 0 Å². The number of amides is 2. The van der Waals surface area contributed by atoms with E-state index in [4.69, 9.17) is 4.74 Å². The van der Waals surface area contributed by atoms with Crippen molar-refractivity contribution < 1.29 is 19.2 Å². The summed E-state index contributed by atoms with van der Waals surface area (Å²) in [5, 5.41) is 15.8. The second-order valence-electron chi connectivity index (χ2n) is 5.45. The minimum absolute atomic E-state index is 0.120. The number of nitro benzene ring substituents is 1. The standard InChI is InChI=1S/C18H19N3O5/c1-13-5-2-3-8-16(13)26-10-9-19-17(22)12-20-18(23)14-6-4-7-15(11-14)21(24)25/h2-8,11H,9-10,12H2,1H3,(H,19,22)(H,20,23). The molecule has 0 aliphatic rings. The largest absolute Gasteiger partial charge is 0.491 e. The number of non-ortho nitro benzene ring substituents is 1. The average Bonchev–Trinajstić information content (AvgIpc) is 2.64. The minimum atomic E-state index is -0.585. The number of nitrogens with one attached hydrogen (secondary N) is 2. The number of nitro groups is 1. The van der Waals surface area contributed by atoms with Crippen LogP contribution in [0, 0.1) is 17.0 Å². The Balaban J connectivity index is 1.71.